The first-order valence-corrected chi connectivity index (χ1v) is 7.87. The van der Waals surface area contributed by atoms with E-state index in [1.54, 1.807) is 0 Å². The van der Waals surface area contributed by atoms with Gasteiger partial charge in [-0.2, -0.15) is 9.98 Å². The van der Waals surface area contributed by atoms with Gasteiger partial charge in [0.2, 0.25) is 11.4 Å². The average Bonchev–Trinajstić information content (AvgIpc) is 2.55. The predicted molar refractivity (Wildman–Crippen MR) is 102 cm³/mol. The van der Waals surface area contributed by atoms with E-state index in [9.17, 15) is 10.2 Å². The molecule has 0 atom stereocenters. The topological polar surface area (TPSA) is 109 Å². The van der Waals surface area contributed by atoms with E-state index in [0.29, 0.717) is 0 Å². The Hall–Kier alpha value is -2.83. The minimum absolute atomic E-state index is 0. The first-order chi connectivity index (χ1) is 12.4. The molecule has 0 amide bonds. The maximum Gasteiger partial charge on any atom is 0.367 e. The second-order valence-electron chi connectivity index (χ2n) is 5.32. The van der Waals surface area contributed by atoms with Crippen LogP contribution >= 0.6 is 0 Å². The molecule has 0 bridgehead atoms. The number of allylic oxidation sites excluding steroid dienone is 2. The number of aliphatic hydroxyl groups excluding tert-OH is 4. The molecule has 0 heterocycles. The summed E-state index contributed by atoms with van der Waals surface area (Å²) in [5.74, 6) is -0.0423. The van der Waals surface area contributed by atoms with Crippen molar-refractivity contribution in [3.05, 3.63) is 84.3 Å². The molecule has 0 saturated heterocycles. The summed E-state index contributed by atoms with van der Waals surface area (Å²) in [5, 5.41) is 36.2. The third-order valence-electron chi connectivity index (χ3n) is 2.78. The molecule has 6 N–H and O–H groups in total. The maximum atomic E-state index is 9.24. The van der Waals surface area contributed by atoms with Crippen LogP contribution in [0.15, 0.2) is 84.3 Å². The quantitative estimate of drug-likeness (QED) is 0.202. The number of nitrogens with one attached hydrogen (secondary N) is 2. The number of para-hydroxylation sites is 2. The summed E-state index contributed by atoms with van der Waals surface area (Å²) in [6, 6.07) is 18.4. The Morgan fingerprint density at radius 2 is 0.926 bits per heavy atom. The van der Waals surface area contributed by atoms with Gasteiger partial charge in [0.25, 0.3) is 0 Å². The molecule has 6 nitrogen and oxygen atoms in total. The van der Waals surface area contributed by atoms with Crippen LogP contribution in [0, 0.1) is 0 Å². The van der Waals surface area contributed by atoms with E-state index >= 15 is 0 Å². The Bertz CT molecular complexity index is 724. The maximum absolute atomic E-state index is 9.24. The minimum atomic E-state index is -0.0776. The van der Waals surface area contributed by atoms with E-state index in [-0.39, 0.29) is 45.0 Å². The van der Waals surface area contributed by atoms with Crippen molar-refractivity contribution < 1.29 is 52.1 Å². The number of rotatable bonds is 4. The Morgan fingerprint density at radius 1 is 0.630 bits per heavy atom. The molecule has 0 aliphatic heterocycles. The van der Waals surface area contributed by atoms with Crippen LogP contribution in [0.4, 0.5) is 11.4 Å². The summed E-state index contributed by atoms with van der Waals surface area (Å²) in [7, 11) is 0. The molecule has 0 unspecified atom stereocenters. The largest absolute Gasteiger partial charge is 0.512 e. The molecule has 140 valence electrons. The van der Waals surface area contributed by atoms with Gasteiger partial charge < -0.3 is 20.4 Å². The fourth-order valence-electron chi connectivity index (χ4n) is 1.81. The molecule has 0 fully saturated rings. The van der Waals surface area contributed by atoms with Crippen LogP contribution in [0.1, 0.15) is 13.8 Å². The number of aliphatic hydroxyl groups is 4. The normalized spacial score (nSPS) is 12.5. The number of benzene rings is 2. The zero-order valence-corrected chi connectivity index (χ0v) is 16.8. The minimum Gasteiger partial charge on any atom is -0.512 e. The van der Waals surface area contributed by atoms with Gasteiger partial charge in [-0.25, -0.2) is 0 Å². The third-order valence-corrected chi connectivity index (χ3v) is 2.78. The van der Waals surface area contributed by atoms with Crippen molar-refractivity contribution in [2.75, 3.05) is 0 Å². The third kappa shape index (κ3) is 12.2. The van der Waals surface area contributed by atoms with Crippen LogP contribution in [0.5, 0.6) is 0 Å². The van der Waals surface area contributed by atoms with E-state index in [1.807, 2.05) is 60.7 Å². The van der Waals surface area contributed by atoms with Gasteiger partial charge in [0.05, 0.1) is 23.7 Å². The second-order valence-corrected chi connectivity index (χ2v) is 5.32. The van der Waals surface area contributed by atoms with Crippen molar-refractivity contribution in [1.29, 1.82) is 0 Å². The van der Waals surface area contributed by atoms with Crippen LogP contribution < -0.4 is 9.98 Å². The van der Waals surface area contributed by atoms with Gasteiger partial charge in [0.1, 0.15) is 0 Å². The molecule has 0 radical (unpaired) electrons. The number of hydrogen-bond donors (Lipinski definition) is 6. The van der Waals surface area contributed by atoms with Crippen molar-refractivity contribution in [1.82, 2.24) is 0 Å². The van der Waals surface area contributed by atoms with E-state index in [0.717, 1.165) is 11.4 Å². The van der Waals surface area contributed by atoms with Crippen molar-refractivity contribution in [3.8, 4) is 0 Å². The smallest absolute Gasteiger partial charge is 0.367 e. The molecule has 0 aromatic heterocycles. The van der Waals surface area contributed by atoms with Crippen molar-refractivity contribution in [3.63, 3.8) is 0 Å². The summed E-state index contributed by atoms with van der Waals surface area (Å²) in [4.78, 5) is 5.42. The number of hydrogen-bond acceptors (Lipinski definition) is 2. The van der Waals surface area contributed by atoms with Crippen LogP contribution in [-0.4, -0.2) is 32.2 Å². The van der Waals surface area contributed by atoms with Crippen LogP contribution in [0.25, 0.3) is 0 Å². The molecule has 0 spiro atoms. The summed E-state index contributed by atoms with van der Waals surface area (Å²) < 4.78 is 0. The summed E-state index contributed by atoms with van der Waals surface area (Å²) in [6.07, 6.45) is 2.49. The fraction of sp³-hybridized carbons (Fsp3) is 0.100. The summed E-state index contributed by atoms with van der Waals surface area (Å²) in [6.45, 7) is 2.98. The van der Waals surface area contributed by atoms with E-state index in [1.165, 1.54) is 26.0 Å². The van der Waals surface area contributed by atoms with Gasteiger partial charge in [0.15, 0.2) is 0 Å². The first kappa shape index (κ1) is 24.2. The molecule has 7 heteroatoms. The monoisotopic (exact) mass is 404 g/mol. The van der Waals surface area contributed by atoms with Crippen LogP contribution in [0.3, 0.4) is 0 Å². The molecular weight excluding hydrogens is 380 g/mol. The molecule has 2 aromatic rings. The van der Waals surface area contributed by atoms with E-state index in [2.05, 4.69) is 9.98 Å². The zero-order valence-electron chi connectivity index (χ0n) is 15.2. The van der Waals surface area contributed by atoms with Crippen LogP contribution in [0.2, 0.25) is 0 Å². The molecule has 27 heavy (non-hydrogen) atoms. The average molecular weight is 404 g/mol. The van der Waals surface area contributed by atoms with Gasteiger partial charge in [-0.1, -0.05) is 36.4 Å². The first-order valence-electron chi connectivity index (χ1n) is 7.87. The molecule has 2 rings (SSSR count). The SMILES string of the molecule is C/C(O)=C/C(O)=[NH+]c1ccccc1.C/C(O)=C/C(O)=[NH+]c1ccccc1.[Ti]. The molecular formula is C20H24N2O4Ti+2. The molecule has 0 saturated carbocycles. The Kier molecular flexibility index (Phi) is 12.0. The molecule has 2 aromatic carbocycles. The van der Waals surface area contributed by atoms with E-state index < -0.39 is 0 Å². The van der Waals surface area contributed by atoms with E-state index in [4.69, 9.17) is 10.2 Å². The van der Waals surface area contributed by atoms with Gasteiger partial charge in [-0.15, -0.1) is 0 Å². The predicted octanol–water partition coefficient (Wildman–Crippen LogP) is 1.63. The summed E-state index contributed by atoms with van der Waals surface area (Å²) >= 11 is 0. The van der Waals surface area contributed by atoms with Gasteiger partial charge in [-0.3, -0.25) is 0 Å². The Balaban J connectivity index is 0.000000483. The van der Waals surface area contributed by atoms with Crippen molar-refractivity contribution >= 4 is 23.2 Å². The fourth-order valence-corrected chi connectivity index (χ4v) is 1.81. The Labute approximate surface area is 173 Å². The van der Waals surface area contributed by atoms with Gasteiger partial charge in [-0.05, 0) is 13.8 Å². The van der Waals surface area contributed by atoms with Crippen molar-refractivity contribution in [2.45, 2.75) is 13.8 Å². The van der Waals surface area contributed by atoms with Crippen LogP contribution in [-0.2, 0) is 21.7 Å². The second kappa shape index (κ2) is 13.4. The summed E-state index contributed by atoms with van der Waals surface area (Å²) in [5.41, 5.74) is 1.55. The van der Waals surface area contributed by atoms with Gasteiger partial charge in [0, 0.05) is 46.0 Å². The van der Waals surface area contributed by atoms with Gasteiger partial charge >= 0.3 is 11.8 Å². The molecule has 0 aliphatic rings. The Morgan fingerprint density at radius 3 is 1.19 bits per heavy atom. The van der Waals surface area contributed by atoms with Crippen molar-refractivity contribution in [2.24, 2.45) is 0 Å². The zero-order chi connectivity index (χ0) is 19.4. The standard InChI is InChI=1S/2C10H11NO2.Ti/c2*1-8(12)7-10(13)11-9-5-3-2-4-6-9;/h2*2-7,12H,1H3,(H,11,13);/p+2/b2*8-7-;. The molecule has 0 aliphatic carbocycles.